The molecule has 10 nitrogen and oxygen atoms in total. The standard InChI is InChI=1S/C25H27F2N7O3S/c1-3-18(14-31-30)32-24(35)33-19-7-4-16(5-8-19)23(29)34-22(12-15(2)28)25(10-11-25)38(36,37)21-9-6-17(26)13-20(21)27/h3-9,12-14,31H,1-2,10-11,28,30H2,(H2,29,34)(H2,32,33,35)/b18-14+,22-12-. The summed E-state index contributed by atoms with van der Waals surface area (Å²) >= 11 is 0. The van der Waals surface area contributed by atoms with E-state index in [1.807, 2.05) is 0 Å². The van der Waals surface area contributed by atoms with Crippen molar-refractivity contribution in [3.63, 3.8) is 0 Å². The fourth-order valence-electron chi connectivity index (χ4n) is 3.57. The number of nitrogens with zero attached hydrogens (tertiary/aromatic N) is 1. The van der Waals surface area contributed by atoms with Crippen LogP contribution in [0.25, 0.3) is 0 Å². The third-order valence-electron chi connectivity index (χ3n) is 5.59. The quantitative estimate of drug-likeness (QED) is 0.0666. The van der Waals surface area contributed by atoms with E-state index in [1.165, 1.54) is 18.4 Å². The molecule has 0 aromatic heterocycles. The highest BCUT2D eigenvalue weighted by Crippen LogP contribution is 2.53. The minimum absolute atomic E-state index is 0.0148. The molecule has 13 heteroatoms. The van der Waals surface area contributed by atoms with E-state index in [4.69, 9.17) is 17.3 Å². The first kappa shape index (κ1) is 28.1. The Hall–Kier alpha value is -4.49. The van der Waals surface area contributed by atoms with Gasteiger partial charge in [-0.1, -0.05) is 13.2 Å². The Bertz CT molecular complexity index is 1460. The topological polar surface area (TPSA) is 178 Å². The van der Waals surface area contributed by atoms with Crippen molar-refractivity contribution < 1.29 is 22.0 Å². The smallest absolute Gasteiger partial charge is 0.323 e. The number of sulfone groups is 1. The zero-order valence-corrected chi connectivity index (χ0v) is 21.0. The maximum Gasteiger partial charge on any atom is 0.323 e. The van der Waals surface area contributed by atoms with E-state index < -0.39 is 37.1 Å². The van der Waals surface area contributed by atoms with Gasteiger partial charge in [0.1, 0.15) is 27.1 Å². The number of halogens is 2. The molecule has 0 heterocycles. The third-order valence-corrected chi connectivity index (χ3v) is 8.14. The molecule has 0 atom stereocenters. The Kier molecular flexibility index (Phi) is 8.33. The lowest BCUT2D eigenvalue weighted by atomic mass is 10.2. The molecule has 1 aliphatic rings. The zero-order valence-electron chi connectivity index (χ0n) is 20.2. The maximum atomic E-state index is 14.4. The van der Waals surface area contributed by atoms with Crippen LogP contribution in [0.2, 0.25) is 0 Å². The van der Waals surface area contributed by atoms with Crippen LogP contribution < -0.4 is 33.4 Å². The van der Waals surface area contributed by atoms with Gasteiger partial charge in [0.2, 0.25) is 0 Å². The second kappa shape index (κ2) is 11.3. The van der Waals surface area contributed by atoms with Gasteiger partial charge in [0.25, 0.3) is 0 Å². The van der Waals surface area contributed by atoms with E-state index in [1.54, 1.807) is 24.3 Å². The van der Waals surface area contributed by atoms with Crippen LogP contribution in [0.5, 0.6) is 0 Å². The average Bonchev–Trinajstić information content (AvgIpc) is 3.66. The number of carbonyl (C=O) groups excluding carboxylic acids is 1. The van der Waals surface area contributed by atoms with Gasteiger partial charge in [-0.25, -0.2) is 27.0 Å². The summed E-state index contributed by atoms with van der Waals surface area (Å²) in [5, 5.41) is 5.14. The van der Waals surface area contributed by atoms with Gasteiger partial charge in [-0.15, -0.1) is 0 Å². The largest absolute Gasteiger partial charge is 0.399 e. The number of urea groups is 1. The van der Waals surface area contributed by atoms with E-state index >= 15 is 0 Å². The van der Waals surface area contributed by atoms with Gasteiger partial charge < -0.3 is 27.5 Å². The number of rotatable bonds is 10. The molecule has 1 saturated carbocycles. The van der Waals surface area contributed by atoms with Crippen LogP contribution in [-0.2, 0) is 9.84 Å². The number of nitrogens with one attached hydrogen (secondary N) is 3. The molecule has 2 aromatic rings. The Morgan fingerprint density at radius 2 is 1.76 bits per heavy atom. The van der Waals surface area contributed by atoms with Crippen molar-refractivity contribution in [2.75, 3.05) is 5.32 Å². The van der Waals surface area contributed by atoms with Crippen LogP contribution in [-0.4, -0.2) is 25.0 Å². The Labute approximate surface area is 218 Å². The van der Waals surface area contributed by atoms with Gasteiger partial charge in [-0.2, -0.15) is 0 Å². The SMILES string of the molecule is C=C/C(=C\NN)NC(=O)Nc1ccc(C(N)=N/C(=C\C(=C)N)C2(S(=O)(=O)c3ccc(F)cc3F)CC2)cc1. The van der Waals surface area contributed by atoms with Gasteiger partial charge in [-0.3, -0.25) is 5.84 Å². The number of aliphatic imine (C=N–C) groups is 1. The molecule has 0 aliphatic heterocycles. The highest BCUT2D eigenvalue weighted by molar-refractivity contribution is 7.93. The molecule has 0 bridgehead atoms. The van der Waals surface area contributed by atoms with E-state index in [-0.39, 0.29) is 30.1 Å². The molecule has 2 amide bonds. The van der Waals surface area contributed by atoms with E-state index in [2.05, 4.69) is 34.2 Å². The molecule has 0 saturated heterocycles. The number of benzene rings is 2. The molecule has 0 radical (unpaired) electrons. The molecular formula is C25H27F2N7O3S. The average molecular weight is 544 g/mol. The van der Waals surface area contributed by atoms with E-state index in [0.717, 1.165) is 12.1 Å². The molecule has 2 aromatic carbocycles. The minimum atomic E-state index is -4.33. The highest BCUT2D eigenvalue weighted by Gasteiger charge is 2.59. The highest BCUT2D eigenvalue weighted by atomic mass is 32.2. The molecular weight excluding hydrogens is 516 g/mol. The lowest BCUT2D eigenvalue weighted by Crippen LogP contribution is -2.29. The minimum Gasteiger partial charge on any atom is -0.399 e. The zero-order chi connectivity index (χ0) is 28.1. The van der Waals surface area contributed by atoms with E-state index in [0.29, 0.717) is 23.0 Å². The summed E-state index contributed by atoms with van der Waals surface area (Å²) in [7, 11) is -4.33. The van der Waals surface area contributed by atoms with Crippen LogP contribution >= 0.6 is 0 Å². The second-order valence-corrected chi connectivity index (χ2v) is 10.5. The summed E-state index contributed by atoms with van der Waals surface area (Å²) < 4.78 is 53.1. The van der Waals surface area contributed by atoms with Crippen molar-refractivity contribution in [1.29, 1.82) is 0 Å². The lowest BCUT2D eigenvalue weighted by molar-refractivity contribution is 0.254. The van der Waals surface area contributed by atoms with Crippen molar-refractivity contribution in [1.82, 2.24) is 10.7 Å². The predicted molar refractivity (Wildman–Crippen MR) is 142 cm³/mol. The third kappa shape index (κ3) is 6.07. The van der Waals surface area contributed by atoms with Crippen LogP contribution in [0.3, 0.4) is 0 Å². The molecule has 0 spiro atoms. The predicted octanol–water partition coefficient (Wildman–Crippen LogP) is 2.65. The summed E-state index contributed by atoms with van der Waals surface area (Å²) in [6, 6.07) is 7.92. The van der Waals surface area contributed by atoms with Crippen molar-refractivity contribution in [3.05, 3.63) is 108 Å². The summed E-state index contributed by atoms with van der Waals surface area (Å²) in [6.07, 6.45) is 4.24. The van der Waals surface area contributed by atoms with Crippen molar-refractivity contribution in [3.8, 4) is 0 Å². The number of allylic oxidation sites excluding steroid dienone is 2. The Morgan fingerprint density at radius 3 is 2.29 bits per heavy atom. The summed E-state index contributed by atoms with van der Waals surface area (Å²) in [5.41, 5.74) is 15.3. The number of nitrogens with two attached hydrogens (primary N) is 3. The summed E-state index contributed by atoms with van der Waals surface area (Å²) in [4.78, 5) is 15.8. The summed E-state index contributed by atoms with van der Waals surface area (Å²) in [6.45, 7) is 7.13. The van der Waals surface area contributed by atoms with Crippen molar-refractivity contribution >= 4 is 27.4 Å². The molecule has 9 N–H and O–H groups in total. The first-order chi connectivity index (χ1) is 17.9. The molecule has 200 valence electrons. The number of hydrazine groups is 1. The van der Waals surface area contributed by atoms with Gasteiger partial charge in [0, 0.05) is 29.2 Å². The fourth-order valence-corrected chi connectivity index (χ4v) is 5.57. The molecule has 3 rings (SSSR count). The number of hydrogen-bond donors (Lipinski definition) is 6. The number of anilines is 1. The van der Waals surface area contributed by atoms with Gasteiger partial charge in [0.05, 0.1) is 11.4 Å². The molecule has 1 fully saturated rings. The number of carbonyl (C=O) groups is 1. The fraction of sp³-hybridized carbons (Fsp3) is 0.120. The van der Waals surface area contributed by atoms with Crippen molar-refractivity contribution in [2.45, 2.75) is 22.5 Å². The first-order valence-electron chi connectivity index (χ1n) is 11.1. The van der Waals surface area contributed by atoms with Gasteiger partial charge in [-0.05, 0) is 61.4 Å². The molecule has 1 aliphatic carbocycles. The van der Waals surface area contributed by atoms with Gasteiger partial charge >= 0.3 is 6.03 Å². The van der Waals surface area contributed by atoms with Crippen LogP contribution in [0.1, 0.15) is 18.4 Å². The number of hydrogen-bond acceptors (Lipinski definition) is 7. The second-order valence-electron chi connectivity index (χ2n) is 8.30. The normalized spacial score (nSPS) is 15.4. The van der Waals surface area contributed by atoms with E-state index in [9.17, 15) is 22.0 Å². The van der Waals surface area contributed by atoms with Gasteiger partial charge in [0.15, 0.2) is 9.84 Å². The lowest BCUT2D eigenvalue weighted by Gasteiger charge is -2.19. The maximum absolute atomic E-state index is 14.4. The number of amidine groups is 1. The van der Waals surface area contributed by atoms with Crippen LogP contribution in [0, 0.1) is 11.6 Å². The Morgan fingerprint density at radius 1 is 1.11 bits per heavy atom. The molecule has 38 heavy (non-hydrogen) atoms. The number of amides is 2. The summed E-state index contributed by atoms with van der Waals surface area (Å²) in [5.74, 6) is 3.02. The monoisotopic (exact) mass is 543 g/mol. The molecule has 0 unspecified atom stereocenters. The Balaban J connectivity index is 1.88. The van der Waals surface area contributed by atoms with Crippen molar-refractivity contribution in [2.24, 2.45) is 22.3 Å². The first-order valence-corrected chi connectivity index (χ1v) is 12.6. The van der Waals surface area contributed by atoms with Crippen LogP contribution in [0.4, 0.5) is 19.3 Å². The van der Waals surface area contributed by atoms with Crippen LogP contribution in [0.15, 0.2) is 101 Å².